The van der Waals surface area contributed by atoms with E-state index in [0.29, 0.717) is 6.42 Å². The second-order valence-corrected chi connectivity index (χ2v) is 6.19. The molecule has 0 spiro atoms. The van der Waals surface area contributed by atoms with Gasteiger partial charge in [0.05, 0.1) is 12.8 Å². The molecule has 5 nitrogen and oxygen atoms in total. The second-order valence-electron chi connectivity index (χ2n) is 6.19. The number of carbonyl (C=O) groups excluding carboxylic acids is 1. The topological polar surface area (TPSA) is 59.9 Å². The van der Waals surface area contributed by atoms with E-state index in [1.54, 1.807) is 14.0 Å². The van der Waals surface area contributed by atoms with Gasteiger partial charge in [-0.2, -0.15) is 0 Å². The molecule has 2 aliphatic rings. The predicted molar refractivity (Wildman–Crippen MR) is 84.0 cm³/mol. The molecular weight excluding hydrogens is 280 g/mol. The summed E-state index contributed by atoms with van der Waals surface area (Å²) in [7, 11) is 1.63. The number of methoxy groups -OCH3 is 1. The third kappa shape index (κ3) is 2.80. The summed E-state index contributed by atoms with van der Waals surface area (Å²) in [5.74, 6) is 0.665. The van der Waals surface area contributed by atoms with Gasteiger partial charge in [-0.25, -0.2) is 0 Å². The lowest BCUT2D eigenvalue weighted by molar-refractivity contribution is -0.142. The molecule has 22 heavy (non-hydrogen) atoms. The van der Waals surface area contributed by atoms with Crippen molar-refractivity contribution in [2.75, 3.05) is 7.11 Å². The molecule has 0 radical (unpaired) electrons. The van der Waals surface area contributed by atoms with Crippen LogP contribution in [0.25, 0.3) is 0 Å². The molecule has 0 bridgehead atoms. The molecule has 1 saturated carbocycles. The molecule has 3 rings (SSSR count). The Morgan fingerprint density at radius 1 is 1.36 bits per heavy atom. The Morgan fingerprint density at radius 2 is 2.09 bits per heavy atom. The zero-order valence-electron chi connectivity index (χ0n) is 13.1. The molecule has 118 valence electrons. The number of nitrogens with zero attached hydrogens (tertiary/aromatic N) is 1. The molecular formula is C17H22N2O3. The van der Waals surface area contributed by atoms with Gasteiger partial charge in [0.2, 0.25) is 5.60 Å². The van der Waals surface area contributed by atoms with E-state index in [9.17, 15) is 4.79 Å². The van der Waals surface area contributed by atoms with E-state index in [1.165, 1.54) is 12.8 Å². The molecule has 0 saturated heterocycles. The standard InChI is InChI=1S/C17H22N2O3/c1-17(16(20)18-12-7-3-4-8-12)11-14(19-22-17)13-9-5-6-10-15(13)21-2/h5-6,9-10,12H,3-4,7-8,11H2,1-2H3,(H,18,20)/t17-/m0/s1. The fraction of sp³-hybridized carbons (Fsp3) is 0.529. The lowest BCUT2D eigenvalue weighted by Gasteiger charge is -2.23. The van der Waals surface area contributed by atoms with Crippen molar-refractivity contribution in [3.8, 4) is 5.75 Å². The van der Waals surface area contributed by atoms with Crippen molar-refractivity contribution in [2.45, 2.75) is 50.7 Å². The number of hydrogen-bond acceptors (Lipinski definition) is 4. The number of nitrogens with one attached hydrogen (secondary N) is 1. The number of rotatable bonds is 4. The Morgan fingerprint density at radius 3 is 2.82 bits per heavy atom. The summed E-state index contributed by atoms with van der Waals surface area (Å²) in [6.07, 6.45) is 4.94. The van der Waals surface area contributed by atoms with E-state index in [0.717, 1.165) is 29.9 Å². The summed E-state index contributed by atoms with van der Waals surface area (Å²) < 4.78 is 5.36. The number of benzene rings is 1. The molecule has 1 fully saturated rings. The fourth-order valence-corrected chi connectivity index (χ4v) is 3.10. The highest BCUT2D eigenvalue weighted by Crippen LogP contribution is 2.31. The molecule has 1 aromatic carbocycles. The van der Waals surface area contributed by atoms with E-state index >= 15 is 0 Å². The number of para-hydroxylation sites is 1. The molecule has 1 aliphatic heterocycles. The van der Waals surface area contributed by atoms with Gasteiger partial charge < -0.3 is 14.9 Å². The van der Waals surface area contributed by atoms with Crippen molar-refractivity contribution in [2.24, 2.45) is 5.16 Å². The maximum atomic E-state index is 12.5. The van der Waals surface area contributed by atoms with Gasteiger partial charge >= 0.3 is 0 Å². The van der Waals surface area contributed by atoms with E-state index in [-0.39, 0.29) is 11.9 Å². The van der Waals surface area contributed by atoms with Crippen LogP contribution in [-0.4, -0.2) is 30.4 Å². The van der Waals surface area contributed by atoms with Crippen molar-refractivity contribution in [1.82, 2.24) is 5.32 Å². The molecule has 1 atom stereocenters. The minimum absolute atomic E-state index is 0.0759. The zero-order chi connectivity index (χ0) is 15.6. The van der Waals surface area contributed by atoms with Gasteiger partial charge in [-0.15, -0.1) is 0 Å². The third-order valence-corrected chi connectivity index (χ3v) is 4.45. The Kier molecular flexibility index (Phi) is 4.05. The van der Waals surface area contributed by atoms with Crippen LogP contribution in [0.3, 0.4) is 0 Å². The average Bonchev–Trinajstić information content (AvgIpc) is 3.17. The van der Waals surface area contributed by atoms with Crippen LogP contribution in [0.5, 0.6) is 5.75 Å². The monoisotopic (exact) mass is 302 g/mol. The number of hydrogen-bond donors (Lipinski definition) is 1. The van der Waals surface area contributed by atoms with Crippen LogP contribution >= 0.6 is 0 Å². The van der Waals surface area contributed by atoms with Crippen LogP contribution in [0.15, 0.2) is 29.4 Å². The lowest BCUT2D eigenvalue weighted by atomic mass is 9.94. The molecule has 0 aromatic heterocycles. The maximum absolute atomic E-state index is 12.5. The molecule has 1 amide bonds. The van der Waals surface area contributed by atoms with Gasteiger partial charge in [-0.05, 0) is 31.9 Å². The number of amides is 1. The van der Waals surface area contributed by atoms with Gasteiger partial charge in [0, 0.05) is 18.0 Å². The van der Waals surface area contributed by atoms with Crippen molar-refractivity contribution in [3.63, 3.8) is 0 Å². The summed E-state index contributed by atoms with van der Waals surface area (Å²) in [6.45, 7) is 1.79. The quantitative estimate of drug-likeness (QED) is 0.930. The Hall–Kier alpha value is -2.04. The lowest BCUT2D eigenvalue weighted by Crippen LogP contribution is -2.48. The summed E-state index contributed by atoms with van der Waals surface area (Å²) in [5.41, 5.74) is 0.697. The van der Waals surface area contributed by atoms with Crippen LogP contribution in [0.2, 0.25) is 0 Å². The third-order valence-electron chi connectivity index (χ3n) is 4.45. The Labute approximate surface area is 130 Å². The summed E-state index contributed by atoms with van der Waals surface area (Å²) in [6, 6.07) is 7.93. The number of carbonyl (C=O) groups is 1. The van der Waals surface area contributed by atoms with Crippen molar-refractivity contribution in [1.29, 1.82) is 0 Å². The molecule has 0 unspecified atom stereocenters. The summed E-state index contributed by atoms with van der Waals surface area (Å²) >= 11 is 0. The highest BCUT2D eigenvalue weighted by atomic mass is 16.7. The van der Waals surface area contributed by atoms with E-state index in [4.69, 9.17) is 9.57 Å². The minimum atomic E-state index is -0.932. The minimum Gasteiger partial charge on any atom is -0.496 e. The van der Waals surface area contributed by atoms with Crippen molar-refractivity contribution >= 4 is 11.6 Å². The molecule has 1 N–H and O–H groups in total. The smallest absolute Gasteiger partial charge is 0.267 e. The van der Waals surface area contributed by atoms with Crippen LogP contribution in [-0.2, 0) is 9.63 Å². The molecule has 1 aromatic rings. The number of ether oxygens (including phenoxy) is 1. The number of oxime groups is 1. The summed E-state index contributed by atoms with van der Waals surface area (Å²) in [4.78, 5) is 18.0. The fourth-order valence-electron chi connectivity index (χ4n) is 3.10. The van der Waals surface area contributed by atoms with Gasteiger partial charge in [0.25, 0.3) is 5.91 Å². The van der Waals surface area contributed by atoms with Gasteiger partial charge in [0.15, 0.2) is 0 Å². The second kappa shape index (κ2) is 5.99. The van der Waals surface area contributed by atoms with Gasteiger partial charge in [-0.1, -0.05) is 30.1 Å². The first kappa shape index (κ1) is 14.9. The average molecular weight is 302 g/mol. The van der Waals surface area contributed by atoms with Crippen LogP contribution in [0, 0.1) is 0 Å². The van der Waals surface area contributed by atoms with E-state index in [2.05, 4.69) is 10.5 Å². The maximum Gasteiger partial charge on any atom is 0.267 e. The van der Waals surface area contributed by atoms with Gasteiger partial charge in [0.1, 0.15) is 5.75 Å². The first-order valence-corrected chi connectivity index (χ1v) is 7.82. The summed E-state index contributed by atoms with van der Waals surface area (Å²) in [5, 5.41) is 7.23. The van der Waals surface area contributed by atoms with E-state index in [1.807, 2.05) is 24.3 Å². The molecule has 1 aliphatic carbocycles. The normalized spacial score (nSPS) is 24.7. The first-order valence-electron chi connectivity index (χ1n) is 7.82. The first-order chi connectivity index (χ1) is 10.6. The SMILES string of the molecule is COc1ccccc1C1=NO[C@](C)(C(=O)NC2CCCC2)C1. The van der Waals surface area contributed by atoms with E-state index < -0.39 is 5.60 Å². The highest BCUT2D eigenvalue weighted by molar-refractivity contribution is 6.07. The Bertz CT molecular complexity index is 593. The van der Waals surface area contributed by atoms with Crippen molar-refractivity contribution < 1.29 is 14.4 Å². The van der Waals surface area contributed by atoms with Crippen molar-refractivity contribution in [3.05, 3.63) is 29.8 Å². The Balaban J connectivity index is 1.70. The van der Waals surface area contributed by atoms with Crippen LogP contribution in [0.4, 0.5) is 0 Å². The zero-order valence-corrected chi connectivity index (χ0v) is 13.1. The largest absolute Gasteiger partial charge is 0.496 e. The molecule has 5 heteroatoms. The highest BCUT2D eigenvalue weighted by Gasteiger charge is 2.43. The molecule has 1 heterocycles. The van der Waals surface area contributed by atoms with Crippen LogP contribution < -0.4 is 10.1 Å². The van der Waals surface area contributed by atoms with Gasteiger partial charge in [-0.3, -0.25) is 4.79 Å². The van der Waals surface area contributed by atoms with Crippen LogP contribution in [0.1, 0.15) is 44.6 Å². The predicted octanol–water partition coefficient (Wildman–Crippen LogP) is 2.64.